The fourth-order valence-electron chi connectivity index (χ4n) is 4.71. The lowest BCUT2D eigenvalue weighted by Crippen LogP contribution is -2.67. The summed E-state index contributed by atoms with van der Waals surface area (Å²) in [6.07, 6.45) is -3.08. The van der Waals surface area contributed by atoms with E-state index < -0.39 is 53.9 Å². The van der Waals surface area contributed by atoms with Crippen LogP contribution in [0.2, 0.25) is 0 Å². The summed E-state index contributed by atoms with van der Waals surface area (Å²) in [5.41, 5.74) is 0.738. The van der Waals surface area contributed by atoms with E-state index >= 15 is 0 Å². The molecule has 0 aromatic heterocycles. The number of halogens is 1. The number of thioether (sulfide) groups is 1. The second-order valence-electron chi connectivity index (χ2n) is 8.28. The van der Waals surface area contributed by atoms with Gasteiger partial charge < -0.3 is 18.9 Å². The molecule has 3 heterocycles. The Balaban J connectivity index is 1.53. The molecule has 8 nitrogen and oxygen atoms in total. The van der Waals surface area contributed by atoms with Crippen LogP contribution in [0.1, 0.15) is 39.5 Å². The second kappa shape index (κ2) is 10.3. The number of nitrogens with zero attached hydrogens (tertiary/aromatic N) is 1. The molecule has 10 heteroatoms. The molecule has 0 radical (unpaired) electrons. The van der Waals surface area contributed by atoms with Gasteiger partial charge in [-0.2, -0.15) is 0 Å². The van der Waals surface area contributed by atoms with Crippen molar-refractivity contribution >= 4 is 41.1 Å². The number of rotatable bonds is 6. The first-order valence-electron chi connectivity index (χ1n) is 11.3. The van der Waals surface area contributed by atoms with Crippen molar-refractivity contribution in [3.05, 3.63) is 71.3 Å². The van der Waals surface area contributed by atoms with Crippen LogP contribution in [0.4, 0.5) is 0 Å². The number of alkyl halides is 1. The molecule has 1 unspecified atom stereocenters. The molecule has 5 rings (SSSR count). The number of carbonyl (C=O) groups is 3. The van der Waals surface area contributed by atoms with Crippen LogP contribution in [-0.2, 0) is 23.7 Å². The van der Waals surface area contributed by atoms with Crippen molar-refractivity contribution in [3.63, 3.8) is 0 Å². The van der Waals surface area contributed by atoms with Crippen molar-refractivity contribution < 1.29 is 33.3 Å². The van der Waals surface area contributed by atoms with Gasteiger partial charge in [0, 0.05) is 5.56 Å². The lowest BCUT2D eigenvalue weighted by Gasteiger charge is -2.50. The van der Waals surface area contributed by atoms with Crippen molar-refractivity contribution in [2.75, 3.05) is 18.2 Å². The van der Waals surface area contributed by atoms with Crippen molar-refractivity contribution in [1.82, 2.24) is 4.90 Å². The molecule has 2 aromatic carbocycles. The average molecular weight is 518 g/mol. The van der Waals surface area contributed by atoms with Crippen molar-refractivity contribution in [1.29, 1.82) is 0 Å². The molecular weight excluding hydrogens is 494 g/mol. The Morgan fingerprint density at radius 1 is 1.06 bits per heavy atom. The van der Waals surface area contributed by atoms with Gasteiger partial charge in [0.1, 0.15) is 29.6 Å². The van der Waals surface area contributed by atoms with Gasteiger partial charge in [0.2, 0.25) is 0 Å². The molecule has 0 aliphatic carbocycles. The molecule has 2 saturated heterocycles. The smallest absolute Gasteiger partial charge is 0.321 e. The van der Waals surface area contributed by atoms with Crippen molar-refractivity contribution in [3.8, 4) is 0 Å². The Kier molecular flexibility index (Phi) is 7.13. The predicted molar refractivity (Wildman–Crippen MR) is 128 cm³/mol. The van der Waals surface area contributed by atoms with E-state index in [0.29, 0.717) is 16.9 Å². The van der Waals surface area contributed by atoms with Crippen molar-refractivity contribution in [2.45, 2.75) is 43.0 Å². The summed E-state index contributed by atoms with van der Waals surface area (Å²) in [6, 6.07) is 15.1. The largest absolute Gasteiger partial charge is 0.456 e. The van der Waals surface area contributed by atoms with Gasteiger partial charge in [0.15, 0.2) is 12.4 Å². The van der Waals surface area contributed by atoms with Gasteiger partial charge in [-0.05, 0) is 17.9 Å². The van der Waals surface area contributed by atoms with E-state index in [0.717, 1.165) is 10.5 Å². The molecule has 0 N–H and O–H groups in total. The lowest BCUT2D eigenvalue weighted by atomic mass is 9.95. The van der Waals surface area contributed by atoms with Crippen LogP contribution >= 0.6 is 23.4 Å². The number of hydrogen-bond donors (Lipinski definition) is 0. The molecule has 2 aromatic rings. The molecule has 0 bridgehead atoms. The maximum Gasteiger partial charge on any atom is 0.321 e. The van der Waals surface area contributed by atoms with Gasteiger partial charge in [0.25, 0.3) is 11.8 Å². The molecule has 35 heavy (non-hydrogen) atoms. The highest BCUT2D eigenvalue weighted by Crippen LogP contribution is 2.41. The Hall–Kier alpha value is -2.43. The SMILES string of the molecule is CCS[C@@H]1O[C@@H]2COC(c3ccccc3)O[C@H]2[C@H](OC(=O)CCl)[C@H]1N1C(=O)c2ccccc2C1=O. The van der Waals surface area contributed by atoms with E-state index in [1.165, 1.54) is 11.8 Å². The van der Waals surface area contributed by atoms with E-state index in [-0.39, 0.29) is 12.5 Å². The lowest BCUT2D eigenvalue weighted by molar-refractivity contribution is -0.311. The number of ether oxygens (including phenoxy) is 4. The topological polar surface area (TPSA) is 91.4 Å². The molecule has 6 atom stereocenters. The van der Waals surface area contributed by atoms with Gasteiger partial charge in [-0.3, -0.25) is 19.3 Å². The highest BCUT2D eigenvalue weighted by Gasteiger charge is 2.57. The quantitative estimate of drug-likeness (QED) is 0.327. The van der Waals surface area contributed by atoms with Crippen LogP contribution in [0, 0.1) is 0 Å². The zero-order valence-electron chi connectivity index (χ0n) is 18.9. The van der Waals surface area contributed by atoms with Crippen LogP contribution in [0.15, 0.2) is 54.6 Å². The molecule has 184 valence electrons. The number of hydrogen-bond acceptors (Lipinski definition) is 8. The summed E-state index contributed by atoms with van der Waals surface area (Å²) in [4.78, 5) is 40.4. The number of amides is 2. The zero-order chi connectivity index (χ0) is 24.5. The summed E-state index contributed by atoms with van der Waals surface area (Å²) in [6.45, 7) is 2.13. The molecule has 0 saturated carbocycles. The normalized spacial score (nSPS) is 30.1. The molecule has 3 aliphatic heterocycles. The zero-order valence-corrected chi connectivity index (χ0v) is 20.4. The van der Waals surface area contributed by atoms with Gasteiger partial charge in [0.05, 0.1) is 17.7 Å². The number of fused-ring (bicyclic) bond motifs is 2. The minimum Gasteiger partial charge on any atom is -0.456 e. The summed E-state index contributed by atoms with van der Waals surface area (Å²) >= 11 is 7.20. The number of carbonyl (C=O) groups excluding carboxylic acids is 3. The third-order valence-corrected chi connectivity index (χ3v) is 7.48. The van der Waals surface area contributed by atoms with Crippen LogP contribution < -0.4 is 0 Å². The number of esters is 1. The Labute approximate surface area is 211 Å². The Morgan fingerprint density at radius 3 is 2.34 bits per heavy atom. The van der Waals surface area contributed by atoms with Crippen LogP contribution in [0.3, 0.4) is 0 Å². The van der Waals surface area contributed by atoms with Gasteiger partial charge >= 0.3 is 5.97 Å². The van der Waals surface area contributed by atoms with Gasteiger partial charge in [-0.25, -0.2) is 0 Å². The molecule has 0 spiro atoms. The first-order chi connectivity index (χ1) is 17.0. The molecular formula is C25H24ClNO7S. The molecule has 2 fully saturated rings. The maximum atomic E-state index is 13.4. The monoisotopic (exact) mass is 517 g/mol. The fraction of sp³-hybridized carbons (Fsp3) is 0.400. The Morgan fingerprint density at radius 2 is 1.71 bits per heavy atom. The van der Waals surface area contributed by atoms with Crippen LogP contribution in [0.5, 0.6) is 0 Å². The van der Waals surface area contributed by atoms with E-state index in [9.17, 15) is 14.4 Å². The van der Waals surface area contributed by atoms with Crippen LogP contribution in [-0.4, -0.2) is 70.7 Å². The summed E-state index contributed by atoms with van der Waals surface area (Å²) in [5, 5.41) is 0. The van der Waals surface area contributed by atoms with E-state index in [1.54, 1.807) is 24.3 Å². The van der Waals surface area contributed by atoms with E-state index in [4.69, 9.17) is 30.5 Å². The Bertz CT molecular complexity index is 1080. The summed E-state index contributed by atoms with van der Waals surface area (Å²) < 4.78 is 24.3. The minimum absolute atomic E-state index is 0.189. The third kappa shape index (κ3) is 4.47. The minimum atomic E-state index is -0.999. The van der Waals surface area contributed by atoms with Gasteiger partial charge in [-0.15, -0.1) is 23.4 Å². The number of benzene rings is 2. The average Bonchev–Trinajstić information content (AvgIpc) is 3.14. The summed E-state index contributed by atoms with van der Waals surface area (Å²) in [5.74, 6) is -1.33. The van der Waals surface area contributed by atoms with E-state index in [2.05, 4.69) is 0 Å². The highest BCUT2D eigenvalue weighted by molar-refractivity contribution is 7.99. The number of imide groups is 1. The first-order valence-corrected chi connectivity index (χ1v) is 12.9. The molecule has 3 aliphatic rings. The van der Waals surface area contributed by atoms with E-state index in [1.807, 2.05) is 37.3 Å². The molecule has 2 amide bonds. The second-order valence-corrected chi connectivity index (χ2v) is 9.92. The first kappa shape index (κ1) is 24.3. The standard InChI is InChI=1S/C25H24ClNO7S/c1-2-35-25-19(27-22(29)15-10-6-7-11-16(15)23(27)30)21(33-18(28)12-26)20-17(32-25)13-31-24(34-20)14-8-4-3-5-9-14/h3-11,17,19-21,24-25H,2,12-13H2,1H3/t17-,19-,20-,21-,24?,25+/m1/s1. The van der Waals surface area contributed by atoms with Crippen LogP contribution in [0.25, 0.3) is 0 Å². The predicted octanol–water partition coefficient (Wildman–Crippen LogP) is 3.39. The van der Waals surface area contributed by atoms with Gasteiger partial charge in [-0.1, -0.05) is 49.4 Å². The summed E-state index contributed by atoms with van der Waals surface area (Å²) in [7, 11) is 0. The fourth-order valence-corrected chi connectivity index (χ4v) is 5.80. The van der Waals surface area contributed by atoms with Crippen molar-refractivity contribution in [2.24, 2.45) is 0 Å². The highest BCUT2D eigenvalue weighted by atomic mass is 35.5. The third-order valence-electron chi connectivity index (χ3n) is 6.21. The maximum absolute atomic E-state index is 13.4.